The van der Waals surface area contributed by atoms with Crippen molar-refractivity contribution in [3.05, 3.63) is 95.2 Å². The van der Waals surface area contributed by atoms with Crippen molar-refractivity contribution in [2.45, 2.75) is 32.9 Å². The first-order chi connectivity index (χ1) is 18.0. The van der Waals surface area contributed by atoms with Crippen LogP contribution in [-0.2, 0) is 22.6 Å². The van der Waals surface area contributed by atoms with Crippen LogP contribution < -0.4 is 5.32 Å². The van der Waals surface area contributed by atoms with Crippen molar-refractivity contribution in [1.29, 1.82) is 0 Å². The molecule has 1 fully saturated rings. The van der Waals surface area contributed by atoms with Gasteiger partial charge < -0.3 is 19.9 Å². The first kappa shape index (κ1) is 24.3. The Morgan fingerprint density at radius 1 is 1.03 bits per heavy atom. The van der Waals surface area contributed by atoms with E-state index in [4.69, 9.17) is 4.74 Å². The van der Waals surface area contributed by atoms with E-state index in [1.165, 1.54) is 0 Å². The Bertz CT molecular complexity index is 1460. The summed E-state index contributed by atoms with van der Waals surface area (Å²) in [7, 11) is 0. The number of ether oxygens (including phenoxy) is 1. The molecule has 2 amide bonds. The molecule has 4 aromatic rings. The van der Waals surface area contributed by atoms with Crippen molar-refractivity contribution in [1.82, 2.24) is 15.2 Å². The molecule has 3 aromatic carbocycles. The van der Waals surface area contributed by atoms with Crippen LogP contribution in [0.15, 0.2) is 72.8 Å². The van der Waals surface area contributed by atoms with E-state index in [1.54, 1.807) is 31.2 Å². The van der Waals surface area contributed by atoms with Crippen molar-refractivity contribution >= 4 is 28.7 Å². The average Bonchev–Trinajstić information content (AvgIpc) is 3.53. The quantitative estimate of drug-likeness (QED) is 0.334. The predicted octanol–water partition coefficient (Wildman–Crippen LogP) is 5.06. The lowest BCUT2D eigenvalue weighted by atomic mass is 9.98. The summed E-state index contributed by atoms with van der Waals surface area (Å²) in [5.74, 6) is -0.389. The number of aromatic nitrogens is 1. The number of carbonyl (C=O) groups excluding carboxylic acids is 3. The van der Waals surface area contributed by atoms with Crippen LogP contribution in [-0.4, -0.2) is 40.8 Å². The molecule has 188 valence electrons. The van der Waals surface area contributed by atoms with E-state index in [9.17, 15) is 14.4 Å². The molecular formula is C30H29N3O4. The van der Waals surface area contributed by atoms with Gasteiger partial charge in [0.25, 0.3) is 5.91 Å². The Morgan fingerprint density at radius 3 is 2.59 bits per heavy atom. The summed E-state index contributed by atoms with van der Waals surface area (Å²) in [5.41, 5.74) is 5.86. The number of benzene rings is 3. The maximum absolute atomic E-state index is 12.9. The van der Waals surface area contributed by atoms with E-state index in [0.29, 0.717) is 37.4 Å². The SMILES string of the molecule is CCOC(=O)c1cc2cc(C(=O)NCc3ccccc3-c3ccc(CN4CCCC4=O)cc3)ccc2[nH]1. The molecule has 0 unspecified atom stereocenters. The Kier molecular flexibility index (Phi) is 7.03. The fourth-order valence-corrected chi connectivity index (χ4v) is 4.71. The minimum absolute atomic E-state index is 0.193. The van der Waals surface area contributed by atoms with Gasteiger partial charge in [0.1, 0.15) is 5.69 Å². The fourth-order valence-electron chi connectivity index (χ4n) is 4.71. The highest BCUT2D eigenvalue weighted by Crippen LogP contribution is 2.25. The molecule has 1 aliphatic rings. The first-order valence-corrected chi connectivity index (χ1v) is 12.5. The van der Waals surface area contributed by atoms with Crippen LogP contribution in [0.2, 0.25) is 0 Å². The van der Waals surface area contributed by atoms with E-state index in [0.717, 1.165) is 46.1 Å². The van der Waals surface area contributed by atoms with Gasteiger partial charge >= 0.3 is 5.97 Å². The molecule has 0 aliphatic carbocycles. The van der Waals surface area contributed by atoms with Gasteiger partial charge in [-0.05, 0) is 59.9 Å². The second kappa shape index (κ2) is 10.7. The number of aromatic amines is 1. The summed E-state index contributed by atoms with van der Waals surface area (Å²) in [6.45, 7) is 3.90. The summed E-state index contributed by atoms with van der Waals surface area (Å²) >= 11 is 0. The predicted molar refractivity (Wildman–Crippen MR) is 142 cm³/mol. The number of hydrogen-bond donors (Lipinski definition) is 2. The highest BCUT2D eigenvalue weighted by atomic mass is 16.5. The number of fused-ring (bicyclic) bond motifs is 1. The molecule has 2 N–H and O–H groups in total. The van der Waals surface area contributed by atoms with E-state index in [-0.39, 0.29) is 11.8 Å². The molecular weight excluding hydrogens is 466 g/mol. The minimum Gasteiger partial charge on any atom is -0.461 e. The number of nitrogens with zero attached hydrogens (tertiary/aromatic N) is 1. The van der Waals surface area contributed by atoms with E-state index < -0.39 is 5.97 Å². The Hall–Kier alpha value is -4.39. The van der Waals surface area contributed by atoms with Gasteiger partial charge in [-0.1, -0.05) is 48.5 Å². The molecule has 1 saturated heterocycles. The number of esters is 1. The number of carbonyl (C=O) groups is 3. The zero-order valence-electron chi connectivity index (χ0n) is 20.8. The largest absolute Gasteiger partial charge is 0.461 e. The third kappa shape index (κ3) is 5.40. The van der Waals surface area contributed by atoms with Gasteiger partial charge in [0.2, 0.25) is 5.91 Å². The van der Waals surface area contributed by atoms with Gasteiger partial charge in [0.05, 0.1) is 6.61 Å². The van der Waals surface area contributed by atoms with Gasteiger partial charge in [-0.2, -0.15) is 0 Å². The highest BCUT2D eigenvalue weighted by molar-refractivity contribution is 6.00. The van der Waals surface area contributed by atoms with Gasteiger partial charge in [-0.3, -0.25) is 9.59 Å². The Morgan fingerprint density at radius 2 is 1.84 bits per heavy atom. The molecule has 1 aromatic heterocycles. The number of rotatable bonds is 8. The lowest BCUT2D eigenvalue weighted by Gasteiger charge is -2.16. The van der Waals surface area contributed by atoms with Crippen LogP contribution in [0.1, 0.15) is 51.7 Å². The number of likely N-dealkylation sites (tertiary alicyclic amines) is 1. The lowest BCUT2D eigenvalue weighted by molar-refractivity contribution is -0.128. The van der Waals surface area contributed by atoms with Crippen LogP contribution >= 0.6 is 0 Å². The van der Waals surface area contributed by atoms with Crippen LogP contribution in [0.3, 0.4) is 0 Å². The normalized spacial score (nSPS) is 13.2. The summed E-state index contributed by atoms with van der Waals surface area (Å²) in [4.78, 5) is 41.8. The zero-order chi connectivity index (χ0) is 25.8. The molecule has 7 heteroatoms. The molecule has 0 spiro atoms. The fraction of sp³-hybridized carbons (Fsp3) is 0.233. The van der Waals surface area contributed by atoms with Crippen molar-refractivity contribution in [3.63, 3.8) is 0 Å². The highest BCUT2D eigenvalue weighted by Gasteiger charge is 2.20. The maximum atomic E-state index is 12.9. The number of amides is 2. The van der Waals surface area contributed by atoms with E-state index in [2.05, 4.69) is 34.6 Å². The molecule has 2 heterocycles. The number of nitrogens with one attached hydrogen (secondary N) is 2. The van der Waals surface area contributed by atoms with Crippen LogP contribution in [0.5, 0.6) is 0 Å². The van der Waals surface area contributed by atoms with Gasteiger partial charge in [-0.25, -0.2) is 4.79 Å². The average molecular weight is 496 g/mol. The Balaban J connectivity index is 1.27. The van der Waals surface area contributed by atoms with Crippen molar-refractivity contribution in [2.24, 2.45) is 0 Å². The molecule has 0 radical (unpaired) electrons. The molecule has 0 saturated carbocycles. The van der Waals surface area contributed by atoms with Crippen molar-refractivity contribution in [2.75, 3.05) is 13.2 Å². The first-order valence-electron chi connectivity index (χ1n) is 12.5. The Labute approximate surface area is 215 Å². The third-order valence-electron chi connectivity index (χ3n) is 6.64. The smallest absolute Gasteiger partial charge is 0.354 e. The molecule has 37 heavy (non-hydrogen) atoms. The minimum atomic E-state index is -0.418. The van der Waals surface area contributed by atoms with Gasteiger partial charge in [0, 0.05) is 42.5 Å². The van der Waals surface area contributed by atoms with Gasteiger partial charge in [-0.15, -0.1) is 0 Å². The summed E-state index contributed by atoms with van der Waals surface area (Å²) < 4.78 is 5.05. The van der Waals surface area contributed by atoms with Crippen LogP contribution in [0.25, 0.3) is 22.0 Å². The monoisotopic (exact) mass is 495 g/mol. The number of hydrogen-bond acceptors (Lipinski definition) is 4. The lowest BCUT2D eigenvalue weighted by Crippen LogP contribution is -2.23. The second-order valence-corrected chi connectivity index (χ2v) is 9.16. The van der Waals surface area contributed by atoms with Crippen molar-refractivity contribution in [3.8, 4) is 11.1 Å². The maximum Gasteiger partial charge on any atom is 0.354 e. The van der Waals surface area contributed by atoms with Crippen LogP contribution in [0.4, 0.5) is 0 Å². The van der Waals surface area contributed by atoms with Crippen molar-refractivity contribution < 1.29 is 19.1 Å². The van der Waals surface area contributed by atoms with E-state index >= 15 is 0 Å². The van der Waals surface area contributed by atoms with Gasteiger partial charge in [0.15, 0.2) is 0 Å². The summed E-state index contributed by atoms with van der Waals surface area (Å²) in [5, 5.41) is 3.79. The van der Waals surface area contributed by atoms with Crippen LogP contribution in [0, 0.1) is 0 Å². The van der Waals surface area contributed by atoms with E-state index in [1.807, 2.05) is 29.2 Å². The molecule has 0 bridgehead atoms. The second-order valence-electron chi connectivity index (χ2n) is 9.16. The topological polar surface area (TPSA) is 91.5 Å². The standard InChI is InChI=1S/C30H29N3O4/c1-2-37-30(36)27-17-24-16-22(13-14-26(24)32-27)29(35)31-18-23-6-3-4-7-25(23)21-11-9-20(10-12-21)19-33-15-5-8-28(33)34/h3-4,6-7,9-14,16-17,32H,2,5,8,15,18-19H2,1H3,(H,31,35). The zero-order valence-corrected chi connectivity index (χ0v) is 20.8. The summed E-state index contributed by atoms with van der Waals surface area (Å²) in [6.07, 6.45) is 1.58. The summed E-state index contributed by atoms with van der Waals surface area (Å²) in [6, 6.07) is 23.2. The third-order valence-corrected chi connectivity index (χ3v) is 6.64. The molecule has 5 rings (SSSR count). The molecule has 0 atom stereocenters. The number of H-pyrrole nitrogens is 1. The molecule has 1 aliphatic heterocycles. The molecule has 7 nitrogen and oxygen atoms in total.